The molecule has 9 heteroatoms. The molecule has 3 N–H and O–H groups in total. The van der Waals surface area contributed by atoms with E-state index in [-0.39, 0.29) is 12.8 Å². The Labute approximate surface area is 176 Å². The number of ether oxygens (including phenoxy) is 1. The van der Waals surface area contributed by atoms with Crippen LogP contribution in [0.25, 0.3) is 0 Å². The molecular formula is C20H20BrN3O5. The molecule has 0 saturated heterocycles. The second kappa shape index (κ2) is 11.0. The molecule has 0 fully saturated rings. The van der Waals surface area contributed by atoms with Crippen molar-refractivity contribution in [3.8, 4) is 0 Å². The van der Waals surface area contributed by atoms with Gasteiger partial charge in [-0.25, -0.2) is 0 Å². The van der Waals surface area contributed by atoms with Gasteiger partial charge in [0.1, 0.15) is 0 Å². The van der Waals surface area contributed by atoms with Crippen molar-refractivity contribution in [2.24, 2.45) is 0 Å². The molecule has 2 aromatic rings. The number of rotatable bonds is 7. The summed E-state index contributed by atoms with van der Waals surface area (Å²) in [5.41, 5.74) is 6.32. The number of amides is 3. The zero-order valence-electron chi connectivity index (χ0n) is 15.7. The minimum Gasteiger partial charge on any atom is -0.456 e. The van der Waals surface area contributed by atoms with Crippen LogP contribution in [0.15, 0.2) is 53.0 Å². The van der Waals surface area contributed by atoms with E-state index in [9.17, 15) is 19.2 Å². The van der Waals surface area contributed by atoms with Crippen LogP contribution in [0.1, 0.15) is 28.8 Å². The fraction of sp³-hybridized carbons (Fsp3) is 0.200. The van der Waals surface area contributed by atoms with Crippen LogP contribution in [0.3, 0.4) is 0 Å². The molecule has 0 aliphatic heterocycles. The van der Waals surface area contributed by atoms with Crippen LogP contribution in [0, 0.1) is 6.92 Å². The van der Waals surface area contributed by atoms with E-state index in [0.29, 0.717) is 11.3 Å². The molecule has 29 heavy (non-hydrogen) atoms. The fourth-order valence-corrected chi connectivity index (χ4v) is 2.71. The summed E-state index contributed by atoms with van der Waals surface area (Å²) in [6, 6.07) is 13.7. The van der Waals surface area contributed by atoms with E-state index < -0.39 is 30.3 Å². The van der Waals surface area contributed by atoms with Crippen molar-refractivity contribution in [3.63, 3.8) is 0 Å². The largest absolute Gasteiger partial charge is 0.456 e. The third-order valence-electron chi connectivity index (χ3n) is 3.73. The summed E-state index contributed by atoms with van der Waals surface area (Å²) >= 11 is 3.33. The number of hydrogen-bond donors (Lipinski definition) is 3. The maximum absolute atomic E-state index is 11.9. The third-order valence-corrected chi connectivity index (χ3v) is 4.23. The molecular weight excluding hydrogens is 442 g/mol. The van der Waals surface area contributed by atoms with Gasteiger partial charge in [0, 0.05) is 22.1 Å². The number of halogens is 1. The first-order valence-corrected chi connectivity index (χ1v) is 9.50. The van der Waals surface area contributed by atoms with Crippen molar-refractivity contribution in [3.05, 3.63) is 64.1 Å². The van der Waals surface area contributed by atoms with E-state index >= 15 is 0 Å². The molecule has 0 atom stereocenters. The first-order chi connectivity index (χ1) is 13.8. The molecule has 0 heterocycles. The van der Waals surface area contributed by atoms with Crippen molar-refractivity contribution in [1.29, 1.82) is 0 Å². The van der Waals surface area contributed by atoms with Gasteiger partial charge in [-0.15, -0.1) is 0 Å². The lowest BCUT2D eigenvalue weighted by molar-refractivity contribution is -0.148. The Morgan fingerprint density at radius 3 is 2.34 bits per heavy atom. The summed E-state index contributed by atoms with van der Waals surface area (Å²) in [6.45, 7) is 1.38. The summed E-state index contributed by atoms with van der Waals surface area (Å²) in [5.74, 6) is -2.21. The summed E-state index contributed by atoms with van der Waals surface area (Å²) in [5, 5.41) is 2.64. The summed E-state index contributed by atoms with van der Waals surface area (Å²) in [7, 11) is 0. The van der Waals surface area contributed by atoms with Gasteiger partial charge in [0.15, 0.2) is 6.61 Å². The quantitative estimate of drug-likeness (QED) is 0.432. The molecule has 0 aliphatic carbocycles. The number of hydrazine groups is 1. The van der Waals surface area contributed by atoms with Gasteiger partial charge in [-0.3, -0.25) is 30.0 Å². The molecule has 2 rings (SSSR count). The topological polar surface area (TPSA) is 114 Å². The number of esters is 1. The van der Waals surface area contributed by atoms with Gasteiger partial charge >= 0.3 is 5.97 Å². The van der Waals surface area contributed by atoms with Crippen molar-refractivity contribution in [2.75, 3.05) is 11.9 Å². The standard InChI is InChI=1S/C20H20BrN3O5/c1-13-11-15(21)7-8-16(13)22-18(26)12-29-19(27)10-9-17(25)23-24-20(28)14-5-3-2-4-6-14/h2-8,11H,9-10,12H2,1H3,(H,22,26)(H,23,25)(H,24,28). The lowest BCUT2D eigenvalue weighted by atomic mass is 10.2. The highest BCUT2D eigenvalue weighted by atomic mass is 79.9. The molecule has 3 amide bonds. The Hall–Kier alpha value is -3.20. The van der Waals surface area contributed by atoms with Gasteiger partial charge in [-0.1, -0.05) is 34.1 Å². The van der Waals surface area contributed by atoms with E-state index in [1.165, 1.54) is 0 Å². The normalized spacial score (nSPS) is 10.0. The minimum absolute atomic E-state index is 0.193. The number of hydrogen-bond acceptors (Lipinski definition) is 5. The maximum Gasteiger partial charge on any atom is 0.306 e. The van der Waals surface area contributed by atoms with Gasteiger partial charge in [0.05, 0.1) is 6.42 Å². The highest BCUT2D eigenvalue weighted by Gasteiger charge is 2.12. The number of carbonyl (C=O) groups is 4. The van der Waals surface area contributed by atoms with Crippen LogP contribution in [-0.4, -0.2) is 30.3 Å². The molecule has 2 aromatic carbocycles. The molecule has 0 unspecified atom stereocenters. The Morgan fingerprint density at radius 2 is 1.66 bits per heavy atom. The van der Waals surface area contributed by atoms with E-state index in [2.05, 4.69) is 32.1 Å². The Balaban J connectivity index is 1.65. The molecule has 8 nitrogen and oxygen atoms in total. The van der Waals surface area contributed by atoms with Gasteiger partial charge < -0.3 is 10.1 Å². The zero-order valence-corrected chi connectivity index (χ0v) is 17.2. The summed E-state index contributed by atoms with van der Waals surface area (Å²) in [4.78, 5) is 47.1. The Kier molecular flexibility index (Phi) is 8.35. The van der Waals surface area contributed by atoms with Crippen molar-refractivity contribution in [1.82, 2.24) is 10.9 Å². The molecule has 0 aliphatic rings. The highest BCUT2D eigenvalue weighted by molar-refractivity contribution is 9.10. The predicted molar refractivity (Wildman–Crippen MR) is 110 cm³/mol. The second-order valence-corrected chi connectivity index (χ2v) is 6.95. The SMILES string of the molecule is Cc1cc(Br)ccc1NC(=O)COC(=O)CCC(=O)NNC(=O)c1ccccc1. The van der Waals surface area contributed by atoms with Crippen molar-refractivity contribution < 1.29 is 23.9 Å². The van der Waals surface area contributed by atoms with Crippen molar-refractivity contribution in [2.45, 2.75) is 19.8 Å². The lowest BCUT2D eigenvalue weighted by Gasteiger charge is -2.09. The molecule has 152 valence electrons. The smallest absolute Gasteiger partial charge is 0.306 e. The number of aryl methyl sites for hydroxylation is 1. The van der Waals surface area contributed by atoms with Crippen LogP contribution < -0.4 is 16.2 Å². The van der Waals surface area contributed by atoms with E-state index in [0.717, 1.165) is 10.0 Å². The third kappa shape index (κ3) is 7.74. The van der Waals surface area contributed by atoms with Gasteiger partial charge in [-0.2, -0.15) is 0 Å². The molecule has 0 bridgehead atoms. The minimum atomic E-state index is -0.697. The van der Waals surface area contributed by atoms with Crippen LogP contribution in [-0.2, 0) is 19.1 Å². The van der Waals surface area contributed by atoms with Gasteiger partial charge in [-0.05, 0) is 42.8 Å². The number of benzene rings is 2. The number of anilines is 1. The number of carbonyl (C=O) groups excluding carboxylic acids is 4. The first-order valence-electron chi connectivity index (χ1n) is 8.71. The average Bonchev–Trinajstić information content (AvgIpc) is 2.71. The number of nitrogens with one attached hydrogen (secondary N) is 3. The maximum atomic E-state index is 11.9. The average molecular weight is 462 g/mol. The van der Waals surface area contributed by atoms with Gasteiger partial charge in [0.2, 0.25) is 5.91 Å². The van der Waals surface area contributed by atoms with Crippen LogP contribution in [0.5, 0.6) is 0 Å². The second-order valence-electron chi connectivity index (χ2n) is 6.04. The van der Waals surface area contributed by atoms with Crippen molar-refractivity contribution >= 4 is 45.3 Å². The molecule has 0 aromatic heterocycles. The van der Waals surface area contributed by atoms with Crippen LogP contribution in [0.4, 0.5) is 5.69 Å². The molecule has 0 radical (unpaired) electrons. The Bertz CT molecular complexity index is 902. The zero-order chi connectivity index (χ0) is 21.2. The van der Waals surface area contributed by atoms with E-state index in [1.54, 1.807) is 42.5 Å². The summed E-state index contributed by atoms with van der Waals surface area (Å²) in [6.07, 6.45) is -0.418. The van der Waals surface area contributed by atoms with E-state index in [1.807, 2.05) is 13.0 Å². The lowest BCUT2D eigenvalue weighted by Crippen LogP contribution is -2.41. The Morgan fingerprint density at radius 1 is 0.931 bits per heavy atom. The molecule has 0 saturated carbocycles. The predicted octanol–water partition coefficient (Wildman–Crippen LogP) is 2.48. The highest BCUT2D eigenvalue weighted by Crippen LogP contribution is 2.19. The van der Waals surface area contributed by atoms with E-state index in [4.69, 9.17) is 4.74 Å². The van der Waals surface area contributed by atoms with Crippen LogP contribution >= 0.6 is 15.9 Å². The fourth-order valence-electron chi connectivity index (χ4n) is 2.24. The monoisotopic (exact) mass is 461 g/mol. The molecule has 0 spiro atoms. The summed E-state index contributed by atoms with van der Waals surface area (Å²) < 4.78 is 5.74. The first kappa shape index (κ1) is 22.1. The van der Waals surface area contributed by atoms with Crippen LogP contribution in [0.2, 0.25) is 0 Å². The van der Waals surface area contributed by atoms with Gasteiger partial charge in [0.25, 0.3) is 11.8 Å².